The molecule has 2 heterocycles. The zero-order valence-electron chi connectivity index (χ0n) is 16.5. The molecule has 7 heteroatoms. The number of nitrogens with zero attached hydrogens (tertiary/aromatic N) is 4. The second-order valence-electron chi connectivity index (χ2n) is 6.94. The van der Waals surface area contributed by atoms with Gasteiger partial charge in [0.05, 0.1) is 7.11 Å². The molecule has 150 valence electrons. The van der Waals surface area contributed by atoms with E-state index in [-0.39, 0.29) is 5.91 Å². The molecule has 4 rings (SSSR count). The monoisotopic (exact) mass is 392 g/mol. The van der Waals surface area contributed by atoms with Crippen LogP contribution in [0.2, 0.25) is 0 Å². The van der Waals surface area contributed by atoms with Crippen molar-refractivity contribution in [3.8, 4) is 17.2 Å². The van der Waals surface area contributed by atoms with Gasteiger partial charge in [0.25, 0.3) is 0 Å². The van der Waals surface area contributed by atoms with E-state index in [0.717, 1.165) is 37.5 Å². The van der Waals surface area contributed by atoms with Gasteiger partial charge < -0.3 is 19.0 Å². The first-order chi connectivity index (χ1) is 14.2. The second kappa shape index (κ2) is 8.77. The highest BCUT2D eigenvalue weighted by atomic mass is 16.5. The third-order valence-corrected chi connectivity index (χ3v) is 5.09. The van der Waals surface area contributed by atoms with Gasteiger partial charge in [0.2, 0.25) is 17.7 Å². The summed E-state index contributed by atoms with van der Waals surface area (Å²) in [5, 5.41) is 8.17. The van der Waals surface area contributed by atoms with Crippen LogP contribution >= 0.6 is 0 Å². The van der Waals surface area contributed by atoms with Crippen molar-refractivity contribution >= 4 is 11.6 Å². The largest absolute Gasteiger partial charge is 0.497 e. The van der Waals surface area contributed by atoms with Gasteiger partial charge in [-0.3, -0.25) is 4.79 Å². The smallest absolute Gasteiger partial charge is 0.247 e. The average molecular weight is 392 g/mol. The van der Waals surface area contributed by atoms with E-state index in [4.69, 9.17) is 9.15 Å². The third-order valence-electron chi connectivity index (χ3n) is 5.09. The van der Waals surface area contributed by atoms with E-state index in [2.05, 4.69) is 27.2 Å². The van der Waals surface area contributed by atoms with Crippen LogP contribution in [0.3, 0.4) is 0 Å². The molecule has 2 aromatic carbocycles. The Labute approximate surface area is 169 Å². The zero-order valence-corrected chi connectivity index (χ0v) is 16.5. The number of benzene rings is 2. The number of aromatic nitrogens is 2. The number of piperazine rings is 1. The van der Waals surface area contributed by atoms with Crippen molar-refractivity contribution in [2.75, 3.05) is 38.2 Å². The van der Waals surface area contributed by atoms with E-state index in [1.54, 1.807) is 7.11 Å². The first-order valence-corrected chi connectivity index (χ1v) is 9.77. The van der Waals surface area contributed by atoms with Crippen molar-refractivity contribution in [1.82, 2.24) is 15.1 Å². The molecule has 0 N–H and O–H groups in total. The molecule has 7 nitrogen and oxygen atoms in total. The fourth-order valence-corrected chi connectivity index (χ4v) is 3.45. The first kappa shape index (κ1) is 19.0. The van der Waals surface area contributed by atoms with Crippen LogP contribution in [-0.2, 0) is 11.2 Å². The maximum Gasteiger partial charge on any atom is 0.247 e. The van der Waals surface area contributed by atoms with Crippen LogP contribution in [0.25, 0.3) is 11.5 Å². The third kappa shape index (κ3) is 4.56. The molecule has 3 aromatic rings. The number of methoxy groups -OCH3 is 1. The van der Waals surface area contributed by atoms with Gasteiger partial charge in [-0.2, -0.15) is 0 Å². The summed E-state index contributed by atoms with van der Waals surface area (Å²) in [6.45, 7) is 3.14. The fourth-order valence-electron chi connectivity index (χ4n) is 3.45. The lowest BCUT2D eigenvalue weighted by Crippen LogP contribution is -2.48. The predicted octanol–water partition coefficient (Wildman–Crippen LogP) is 3.03. The van der Waals surface area contributed by atoms with Crippen LogP contribution in [0.1, 0.15) is 12.3 Å². The lowest BCUT2D eigenvalue weighted by molar-refractivity contribution is -0.131. The average Bonchev–Trinajstić information content (AvgIpc) is 3.27. The quantitative estimate of drug-likeness (QED) is 0.642. The number of carbonyl (C=O) groups is 1. The number of aryl methyl sites for hydroxylation is 1. The van der Waals surface area contributed by atoms with Gasteiger partial charge in [-0.05, 0) is 30.3 Å². The molecule has 0 atom stereocenters. The molecular weight excluding hydrogens is 368 g/mol. The van der Waals surface area contributed by atoms with Crippen LogP contribution in [0, 0.1) is 0 Å². The molecule has 0 bridgehead atoms. The Kier molecular flexibility index (Phi) is 5.74. The minimum Gasteiger partial charge on any atom is -0.497 e. The summed E-state index contributed by atoms with van der Waals surface area (Å²) in [7, 11) is 1.61. The van der Waals surface area contributed by atoms with E-state index < -0.39 is 0 Å². The highest BCUT2D eigenvalue weighted by Crippen LogP contribution is 2.23. The Bertz CT molecular complexity index is 949. The summed E-state index contributed by atoms with van der Waals surface area (Å²) in [5.41, 5.74) is 2.00. The van der Waals surface area contributed by atoms with Crippen LogP contribution in [0.5, 0.6) is 5.75 Å². The number of anilines is 1. The topological polar surface area (TPSA) is 71.7 Å². The Morgan fingerprint density at radius 2 is 1.83 bits per heavy atom. The minimum atomic E-state index is 0.124. The molecule has 1 fully saturated rings. The van der Waals surface area contributed by atoms with Gasteiger partial charge >= 0.3 is 0 Å². The molecule has 1 aliphatic rings. The van der Waals surface area contributed by atoms with Gasteiger partial charge in [-0.25, -0.2) is 0 Å². The maximum atomic E-state index is 12.6. The fraction of sp³-hybridized carbons (Fsp3) is 0.318. The molecule has 1 aromatic heterocycles. The maximum absolute atomic E-state index is 12.6. The molecule has 1 saturated heterocycles. The normalized spacial score (nSPS) is 14.1. The summed E-state index contributed by atoms with van der Waals surface area (Å²) >= 11 is 0. The van der Waals surface area contributed by atoms with Crippen molar-refractivity contribution in [2.24, 2.45) is 0 Å². The van der Waals surface area contributed by atoms with Crippen LogP contribution < -0.4 is 9.64 Å². The molecule has 0 aliphatic carbocycles. The predicted molar refractivity (Wildman–Crippen MR) is 110 cm³/mol. The molecule has 1 amide bonds. The number of carbonyl (C=O) groups excluding carboxylic acids is 1. The van der Waals surface area contributed by atoms with E-state index in [1.165, 1.54) is 5.69 Å². The molecule has 0 spiro atoms. The van der Waals surface area contributed by atoms with E-state index in [1.807, 2.05) is 47.4 Å². The second-order valence-corrected chi connectivity index (χ2v) is 6.94. The minimum absolute atomic E-state index is 0.124. The Balaban J connectivity index is 1.29. The molecular formula is C22H24N4O3. The molecule has 29 heavy (non-hydrogen) atoms. The Hall–Kier alpha value is -3.35. The van der Waals surface area contributed by atoms with Crippen molar-refractivity contribution in [3.05, 3.63) is 60.5 Å². The van der Waals surface area contributed by atoms with E-state index >= 15 is 0 Å². The van der Waals surface area contributed by atoms with Crippen molar-refractivity contribution < 1.29 is 13.9 Å². The zero-order chi connectivity index (χ0) is 20.1. The van der Waals surface area contributed by atoms with E-state index in [0.29, 0.717) is 24.6 Å². The lowest BCUT2D eigenvalue weighted by atomic mass is 10.2. The Morgan fingerprint density at radius 3 is 2.59 bits per heavy atom. The number of ether oxygens (including phenoxy) is 1. The molecule has 0 saturated carbocycles. The highest BCUT2D eigenvalue weighted by Gasteiger charge is 2.21. The molecule has 0 unspecified atom stereocenters. The summed E-state index contributed by atoms with van der Waals surface area (Å²) in [5.74, 6) is 1.76. The first-order valence-electron chi connectivity index (χ1n) is 9.77. The molecule has 1 aliphatic heterocycles. The van der Waals surface area contributed by atoms with Gasteiger partial charge in [0.15, 0.2) is 0 Å². The van der Waals surface area contributed by atoms with Crippen molar-refractivity contribution in [1.29, 1.82) is 0 Å². The SMILES string of the molecule is COc1cccc(-c2nnc(CCC(=O)N3CCN(c4ccccc4)CC3)o2)c1. The number of hydrogen-bond donors (Lipinski definition) is 0. The summed E-state index contributed by atoms with van der Waals surface area (Å²) in [4.78, 5) is 16.8. The van der Waals surface area contributed by atoms with Gasteiger partial charge in [-0.1, -0.05) is 24.3 Å². The van der Waals surface area contributed by atoms with Crippen LogP contribution in [0.4, 0.5) is 5.69 Å². The number of rotatable bonds is 6. The van der Waals surface area contributed by atoms with Crippen LogP contribution in [-0.4, -0.2) is 54.3 Å². The van der Waals surface area contributed by atoms with Crippen molar-refractivity contribution in [2.45, 2.75) is 12.8 Å². The molecule has 0 radical (unpaired) electrons. The summed E-state index contributed by atoms with van der Waals surface area (Å²) < 4.78 is 10.9. The number of para-hydroxylation sites is 1. The van der Waals surface area contributed by atoms with Crippen molar-refractivity contribution in [3.63, 3.8) is 0 Å². The highest BCUT2D eigenvalue weighted by molar-refractivity contribution is 5.76. The number of amides is 1. The van der Waals surface area contributed by atoms with Gasteiger partial charge in [0.1, 0.15) is 5.75 Å². The summed E-state index contributed by atoms with van der Waals surface area (Å²) in [6, 6.07) is 17.8. The van der Waals surface area contributed by atoms with E-state index in [9.17, 15) is 4.79 Å². The Morgan fingerprint density at radius 1 is 1.03 bits per heavy atom. The lowest BCUT2D eigenvalue weighted by Gasteiger charge is -2.36. The standard InChI is InChI=1S/C22H24N4O3/c1-28-19-9-5-6-17(16-19)22-24-23-20(29-22)10-11-21(27)26-14-12-25(13-15-26)18-7-3-2-4-8-18/h2-9,16H,10-15H2,1H3. The van der Waals surface area contributed by atoms with Crippen LogP contribution in [0.15, 0.2) is 59.0 Å². The van der Waals surface area contributed by atoms with Gasteiger partial charge in [-0.15, -0.1) is 10.2 Å². The van der Waals surface area contributed by atoms with Gasteiger partial charge in [0, 0.05) is 50.3 Å². The number of hydrogen-bond acceptors (Lipinski definition) is 6. The summed E-state index contributed by atoms with van der Waals surface area (Å²) in [6.07, 6.45) is 0.805.